The fourth-order valence-electron chi connectivity index (χ4n) is 1.73. The fraction of sp³-hybridized carbons (Fsp3) is 0.667. The van der Waals surface area contributed by atoms with Crippen LogP contribution in [0.15, 0.2) is 0 Å². The number of hydrogen-bond donors (Lipinski definition) is 0. The van der Waals surface area contributed by atoms with Gasteiger partial charge in [0.25, 0.3) is 0 Å². The highest BCUT2D eigenvalue weighted by atomic mass is 16.5. The molecule has 0 amide bonds. The van der Waals surface area contributed by atoms with Crippen LogP contribution in [0.5, 0.6) is 0 Å². The van der Waals surface area contributed by atoms with E-state index in [-0.39, 0.29) is 12.1 Å². The first-order valence-corrected chi connectivity index (χ1v) is 5.60. The van der Waals surface area contributed by atoms with Crippen molar-refractivity contribution in [1.82, 2.24) is 9.78 Å². The van der Waals surface area contributed by atoms with E-state index in [1.807, 2.05) is 39.4 Å². The predicted molar refractivity (Wildman–Crippen MR) is 62.2 cm³/mol. The maximum atomic E-state index is 11.4. The van der Waals surface area contributed by atoms with Crippen molar-refractivity contribution in [2.75, 3.05) is 0 Å². The van der Waals surface area contributed by atoms with Crippen molar-refractivity contribution < 1.29 is 9.53 Å². The summed E-state index contributed by atoms with van der Waals surface area (Å²) in [6.45, 7) is 7.70. The number of esters is 1. The Morgan fingerprint density at radius 2 is 2.06 bits per heavy atom. The lowest BCUT2D eigenvalue weighted by molar-refractivity contribution is -0.147. The summed E-state index contributed by atoms with van der Waals surface area (Å²) in [6.07, 6.45) is 1.09. The van der Waals surface area contributed by atoms with Crippen LogP contribution in [-0.2, 0) is 23.0 Å². The van der Waals surface area contributed by atoms with Crippen LogP contribution in [0.4, 0.5) is 0 Å². The number of ether oxygens (including phenoxy) is 1. The van der Waals surface area contributed by atoms with Crippen molar-refractivity contribution in [1.29, 1.82) is 0 Å². The molecule has 0 aromatic carbocycles. The molecule has 0 fully saturated rings. The predicted octanol–water partition coefficient (Wildman–Crippen LogP) is 1.92. The third-order valence-corrected chi connectivity index (χ3v) is 2.61. The topological polar surface area (TPSA) is 44.1 Å². The molecular weight excluding hydrogens is 204 g/mol. The Morgan fingerprint density at radius 3 is 2.50 bits per heavy atom. The zero-order valence-electron chi connectivity index (χ0n) is 10.7. The second kappa shape index (κ2) is 5.14. The first kappa shape index (κ1) is 12.7. The van der Waals surface area contributed by atoms with Crippen LogP contribution in [0.25, 0.3) is 0 Å². The van der Waals surface area contributed by atoms with Gasteiger partial charge < -0.3 is 4.74 Å². The molecule has 4 heteroatoms. The molecule has 4 nitrogen and oxygen atoms in total. The number of aromatic nitrogens is 2. The molecule has 0 atom stereocenters. The van der Waals surface area contributed by atoms with E-state index in [0.717, 1.165) is 17.0 Å². The third-order valence-electron chi connectivity index (χ3n) is 2.61. The molecule has 0 aliphatic heterocycles. The number of hydrogen-bond acceptors (Lipinski definition) is 3. The van der Waals surface area contributed by atoms with Gasteiger partial charge in [0.2, 0.25) is 0 Å². The summed E-state index contributed by atoms with van der Waals surface area (Å²) in [6, 6.07) is 0. The number of nitrogens with zero attached hydrogens (tertiary/aromatic N) is 2. The van der Waals surface area contributed by atoms with Gasteiger partial charge in [-0.15, -0.1) is 0 Å². The minimum absolute atomic E-state index is 0.0383. The number of aryl methyl sites for hydroxylation is 2. The molecule has 0 unspecified atom stereocenters. The summed E-state index contributed by atoms with van der Waals surface area (Å²) in [5.74, 6) is -0.141. The molecule has 0 aliphatic carbocycles. The second-order valence-corrected chi connectivity index (χ2v) is 4.31. The molecule has 0 saturated carbocycles. The van der Waals surface area contributed by atoms with Crippen molar-refractivity contribution in [2.45, 2.75) is 46.6 Å². The van der Waals surface area contributed by atoms with Crippen LogP contribution in [0, 0.1) is 13.8 Å². The Morgan fingerprint density at radius 1 is 1.44 bits per heavy atom. The lowest BCUT2D eigenvalue weighted by atomic mass is 10.1. The monoisotopic (exact) mass is 224 g/mol. The summed E-state index contributed by atoms with van der Waals surface area (Å²) >= 11 is 0. The average molecular weight is 224 g/mol. The smallest absolute Gasteiger partial charge is 0.306 e. The first-order valence-electron chi connectivity index (χ1n) is 5.60. The normalized spacial score (nSPS) is 10.9. The average Bonchev–Trinajstić information content (AvgIpc) is 2.38. The Kier molecular flexibility index (Phi) is 4.10. The van der Waals surface area contributed by atoms with Gasteiger partial charge in [0.15, 0.2) is 0 Å². The minimum Gasteiger partial charge on any atom is -0.463 e. The molecule has 1 aromatic rings. The molecule has 0 spiro atoms. The van der Waals surface area contributed by atoms with Gasteiger partial charge in [0.1, 0.15) is 0 Å². The van der Waals surface area contributed by atoms with Crippen LogP contribution in [0.1, 0.15) is 37.2 Å². The van der Waals surface area contributed by atoms with E-state index in [1.54, 1.807) is 0 Å². The Hall–Kier alpha value is -1.32. The molecule has 16 heavy (non-hydrogen) atoms. The number of carbonyl (C=O) groups excluding carboxylic acids is 1. The zero-order chi connectivity index (χ0) is 12.3. The van der Waals surface area contributed by atoms with Crippen LogP contribution in [0.3, 0.4) is 0 Å². The van der Waals surface area contributed by atoms with Crippen molar-refractivity contribution in [3.05, 3.63) is 17.0 Å². The van der Waals surface area contributed by atoms with Gasteiger partial charge in [-0.2, -0.15) is 5.10 Å². The summed E-state index contributed by atoms with van der Waals surface area (Å²) < 4.78 is 6.94. The van der Waals surface area contributed by atoms with Gasteiger partial charge in [0.05, 0.1) is 11.8 Å². The Bertz CT molecular complexity index is 381. The maximum absolute atomic E-state index is 11.4. The second-order valence-electron chi connectivity index (χ2n) is 4.31. The Labute approximate surface area is 96.6 Å². The molecule has 0 bridgehead atoms. The van der Waals surface area contributed by atoms with E-state index in [1.165, 1.54) is 0 Å². The highest BCUT2D eigenvalue weighted by Crippen LogP contribution is 2.14. The van der Waals surface area contributed by atoms with Crippen LogP contribution in [-0.4, -0.2) is 21.9 Å². The van der Waals surface area contributed by atoms with E-state index in [4.69, 9.17) is 4.74 Å². The van der Waals surface area contributed by atoms with E-state index in [0.29, 0.717) is 12.8 Å². The molecule has 1 rings (SSSR count). The molecule has 90 valence electrons. The van der Waals surface area contributed by atoms with Crippen molar-refractivity contribution >= 4 is 5.97 Å². The summed E-state index contributed by atoms with van der Waals surface area (Å²) in [4.78, 5) is 11.4. The lowest BCUT2D eigenvalue weighted by Crippen LogP contribution is -2.12. The minimum atomic E-state index is -0.141. The van der Waals surface area contributed by atoms with Gasteiger partial charge >= 0.3 is 5.97 Å². The number of rotatable bonds is 4. The highest BCUT2D eigenvalue weighted by molar-refractivity contribution is 5.70. The van der Waals surface area contributed by atoms with Crippen molar-refractivity contribution in [3.63, 3.8) is 0 Å². The van der Waals surface area contributed by atoms with Crippen molar-refractivity contribution in [2.24, 2.45) is 7.05 Å². The van der Waals surface area contributed by atoms with Crippen molar-refractivity contribution in [3.8, 4) is 0 Å². The molecule has 1 heterocycles. The molecule has 0 radical (unpaired) electrons. The first-order chi connectivity index (χ1) is 7.41. The molecule has 0 saturated heterocycles. The standard InChI is InChI=1S/C12H20N2O2/c1-8(2)16-12(15)7-6-11-9(3)13-14(5)10(11)4/h8H,6-7H2,1-5H3. The number of carbonyl (C=O) groups is 1. The van der Waals surface area contributed by atoms with Gasteiger partial charge in [-0.3, -0.25) is 9.48 Å². The fourth-order valence-corrected chi connectivity index (χ4v) is 1.73. The SMILES string of the molecule is Cc1nn(C)c(C)c1CCC(=O)OC(C)C. The maximum Gasteiger partial charge on any atom is 0.306 e. The zero-order valence-corrected chi connectivity index (χ0v) is 10.7. The lowest BCUT2D eigenvalue weighted by Gasteiger charge is -2.07. The van der Waals surface area contributed by atoms with E-state index >= 15 is 0 Å². The van der Waals surface area contributed by atoms with E-state index in [2.05, 4.69) is 5.10 Å². The Balaban J connectivity index is 2.58. The highest BCUT2D eigenvalue weighted by Gasteiger charge is 2.12. The molecule has 0 N–H and O–H groups in total. The van der Waals surface area contributed by atoms with E-state index in [9.17, 15) is 4.79 Å². The summed E-state index contributed by atoms with van der Waals surface area (Å²) in [5.41, 5.74) is 3.27. The van der Waals surface area contributed by atoms with Gasteiger partial charge in [-0.1, -0.05) is 0 Å². The van der Waals surface area contributed by atoms with E-state index < -0.39 is 0 Å². The molecule has 1 aromatic heterocycles. The van der Waals surface area contributed by atoms with Crippen LogP contribution in [0.2, 0.25) is 0 Å². The quantitative estimate of drug-likeness (QED) is 0.734. The van der Waals surface area contributed by atoms with Gasteiger partial charge in [-0.25, -0.2) is 0 Å². The third kappa shape index (κ3) is 3.08. The largest absolute Gasteiger partial charge is 0.463 e. The van der Waals surface area contributed by atoms with Gasteiger partial charge in [0, 0.05) is 19.2 Å². The summed E-state index contributed by atoms with van der Waals surface area (Å²) in [5, 5.41) is 4.31. The van der Waals surface area contributed by atoms with Crippen LogP contribution >= 0.6 is 0 Å². The van der Waals surface area contributed by atoms with Gasteiger partial charge in [-0.05, 0) is 39.7 Å². The van der Waals surface area contributed by atoms with Crippen LogP contribution < -0.4 is 0 Å². The summed E-state index contributed by atoms with van der Waals surface area (Å²) in [7, 11) is 1.91. The molecule has 0 aliphatic rings. The molecular formula is C12H20N2O2.